The molecule has 7 heteroatoms. The summed E-state index contributed by atoms with van der Waals surface area (Å²) < 4.78 is 2.81. The fourth-order valence-electron chi connectivity index (χ4n) is 2.17. The van der Waals surface area contributed by atoms with Gasteiger partial charge in [0.05, 0.1) is 22.4 Å². The minimum atomic E-state index is -0.254. The minimum Gasteiger partial charge on any atom is -0.398 e. The molecule has 2 aromatic rings. The van der Waals surface area contributed by atoms with Crippen LogP contribution in [0.25, 0.3) is 0 Å². The zero-order valence-corrected chi connectivity index (χ0v) is 13.4. The van der Waals surface area contributed by atoms with Gasteiger partial charge in [-0.1, -0.05) is 24.6 Å². The van der Waals surface area contributed by atoms with Gasteiger partial charge in [-0.05, 0) is 40.0 Å². The van der Waals surface area contributed by atoms with Crippen molar-refractivity contribution in [3.05, 3.63) is 45.1 Å². The molecule has 2 rings (SSSR count). The number of nitrogen functional groups attached to an aromatic ring is 1. The molecule has 0 amide bonds. The maximum atomic E-state index is 6.05. The number of hydrogen-bond donors (Lipinski definition) is 3. The second-order valence-electron chi connectivity index (χ2n) is 4.47. The van der Waals surface area contributed by atoms with Gasteiger partial charge in [-0.3, -0.25) is 10.5 Å². The van der Waals surface area contributed by atoms with Crippen LogP contribution in [0.4, 0.5) is 5.69 Å². The lowest BCUT2D eigenvalue weighted by atomic mass is 10.0. The van der Waals surface area contributed by atoms with Crippen LogP contribution in [0.3, 0.4) is 0 Å². The van der Waals surface area contributed by atoms with Gasteiger partial charge in [-0.15, -0.1) is 0 Å². The molecule has 0 saturated carbocycles. The van der Waals surface area contributed by atoms with Crippen molar-refractivity contribution in [1.82, 2.24) is 15.2 Å². The van der Waals surface area contributed by atoms with Crippen molar-refractivity contribution >= 4 is 33.2 Å². The molecule has 20 heavy (non-hydrogen) atoms. The number of aromatic nitrogens is 2. The number of halogens is 2. The zero-order chi connectivity index (χ0) is 14.7. The van der Waals surface area contributed by atoms with Crippen LogP contribution >= 0.6 is 27.5 Å². The molecule has 0 aliphatic rings. The number of hydrazine groups is 1. The van der Waals surface area contributed by atoms with Crippen LogP contribution in [0.1, 0.15) is 30.6 Å². The van der Waals surface area contributed by atoms with Crippen LogP contribution in [-0.4, -0.2) is 9.78 Å². The van der Waals surface area contributed by atoms with Crippen LogP contribution in [0, 0.1) is 0 Å². The maximum Gasteiger partial charge on any atom is 0.0909 e. The first kappa shape index (κ1) is 15.3. The molecule has 1 aromatic heterocycles. The van der Waals surface area contributed by atoms with Crippen LogP contribution in [0.5, 0.6) is 0 Å². The number of rotatable bonds is 5. The van der Waals surface area contributed by atoms with E-state index in [1.54, 1.807) is 18.3 Å². The van der Waals surface area contributed by atoms with Crippen molar-refractivity contribution in [2.75, 3.05) is 5.73 Å². The Morgan fingerprint density at radius 2 is 2.25 bits per heavy atom. The van der Waals surface area contributed by atoms with Gasteiger partial charge < -0.3 is 5.73 Å². The van der Waals surface area contributed by atoms with Gasteiger partial charge in [-0.25, -0.2) is 5.43 Å². The van der Waals surface area contributed by atoms with Gasteiger partial charge in [0.2, 0.25) is 0 Å². The van der Waals surface area contributed by atoms with Crippen LogP contribution in [-0.2, 0) is 6.54 Å². The highest BCUT2D eigenvalue weighted by Crippen LogP contribution is 2.32. The number of benzene rings is 1. The second-order valence-corrected chi connectivity index (χ2v) is 5.76. The summed E-state index contributed by atoms with van der Waals surface area (Å²) >= 11 is 9.46. The number of nitrogens with one attached hydrogen (secondary N) is 1. The van der Waals surface area contributed by atoms with E-state index in [1.165, 1.54) is 0 Å². The van der Waals surface area contributed by atoms with Gasteiger partial charge >= 0.3 is 0 Å². The summed E-state index contributed by atoms with van der Waals surface area (Å²) in [6, 6.07) is 5.13. The van der Waals surface area contributed by atoms with E-state index in [-0.39, 0.29) is 6.04 Å². The van der Waals surface area contributed by atoms with Crippen LogP contribution in [0.2, 0.25) is 5.02 Å². The average Bonchev–Trinajstić information content (AvgIpc) is 2.75. The lowest BCUT2D eigenvalue weighted by molar-refractivity contribution is 0.520. The SMILES string of the molecule is CCCn1ncc(Br)c1C(NN)c1ccc(Cl)cc1N. The monoisotopic (exact) mass is 357 g/mol. The number of hydrogen-bond acceptors (Lipinski definition) is 4. The van der Waals surface area contributed by atoms with Gasteiger partial charge in [0.15, 0.2) is 0 Å². The minimum absolute atomic E-state index is 0.254. The van der Waals surface area contributed by atoms with Crippen molar-refractivity contribution < 1.29 is 0 Å². The van der Waals surface area contributed by atoms with E-state index in [2.05, 4.69) is 33.4 Å². The Kier molecular flexibility index (Phi) is 5.04. The molecule has 1 aromatic carbocycles. The summed E-state index contributed by atoms with van der Waals surface area (Å²) in [6.45, 7) is 2.91. The standard InChI is InChI=1S/C13H17BrClN5/c1-2-5-20-13(10(14)7-18-20)12(19-17)9-4-3-8(15)6-11(9)16/h3-4,6-7,12,19H,2,5,16-17H2,1H3. The molecule has 5 N–H and O–H groups in total. The first-order valence-corrected chi connectivity index (χ1v) is 7.47. The predicted octanol–water partition coefficient (Wildman–Crippen LogP) is 2.84. The Hall–Kier alpha value is -1.08. The first-order valence-electron chi connectivity index (χ1n) is 6.30. The van der Waals surface area contributed by atoms with E-state index in [9.17, 15) is 0 Å². The third-order valence-electron chi connectivity index (χ3n) is 3.07. The molecule has 108 valence electrons. The summed E-state index contributed by atoms with van der Waals surface area (Å²) in [5, 5.41) is 4.95. The Morgan fingerprint density at radius 3 is 2.85 bits per heavy atom. The number of aryl methyl sites for hydroxylation is 1. The lowest BCUT2D eigenvalue weighted by Gasteiger charge is -2.20. The molecule has 1 atom stereocenters. The molecule has 5 nitrogen and oxygen atoms in total. The fourth-order valence-corrected chi connectivity index (χ4v) is 2.88. The Bertz CT molecular complexity index is 598. The highest BCUT2D eigenvalue weighted by atomic mass is 79.9. The van der Waals surface area contributed by atoms with Crippen molar-refractivity contribution in [1.29, 1.82) is 0 Å². The highest BCUT2D eigenvalue weighted by Gasteiger charge is 2.22. The summed E-state index contributed by atoms with van der Waals surface area (Å²) in [4.78, 5) is 0. The topological polar surface area (TPSA) is 81.9 Å². The largest absolute Gasteiger partial charge is 0.398 e. The van der Waals surface area contributed by atoms with Gasteiger partial charge in [0.1, 0.15) is 0 Å². The second kappa shape index (κ2) is 6.58. The number of nitrogens with two attached hydrogens (primary N) is 2. The molecule has 0 fully saturated rings. The van der Waals surface area contributed by atoms with E-state index < -0.39 is 0 Å². The Labute approximate surface area is 131 Å². The molecular weight excluding hydrogens is 342 g/mol. The van der Waals surface area contributed by atoms with Gasteiger partial charge in [-0.2, -0.15) is 5.10 Å². The van der Waals surface area contributed by atoms with Gasteiger partial charge in [0, 0.05) is 17.3 Å². The van der Waals surface area contributed by atoms with E-state index in [0.717, 1.165) is 28.7 Å². The van der Waals surface area contributed by atoms with E-state index in [1.807, 2.05) is 10.7 Å². The molecule has 0 bridgehead atoms. The highest BCUT2D eigenvalue weighted by molar-refractivity contribution is 9.10. The van der Waals surface area contributed by atoms with Crippen molar-refractivity contribution in [2.45, 2.75) is 25.9 Å². The van der Waals surface area contributed by atoms with Gasteiger partial charge in [0.25, 0.3) is 0 Å². The quantitative estimate of drug-likeness (QED) is 0.436. The molecule has 0 saturated heterocycles. The maximum absolute atomic E-state index is 6.05. The number of anilines is 1. The third kappa shape index (κ3) is 2.98. The number of nitrogens with zero attached hydrogens (tertiary/aromatic N) is 2. The smallest absolute Gasteiger partial charge is 0.0909 e. The fraction of sp³-hybridized carbons (Fsp3) is 0.308. The first-order chi connectivity index (χ1) is 9.58. The normalized spacial score (nSPS) is 12.6. The molecule has 1 heterocycles. The summed E-state index contributed by atoms with van der Waals surface area (Å²) in [6.07, 6.45) is 2.75. The third-order valence-corrected chi connectivity index (χ3v) is 3.91. The molecule has 1 unspecified atom stereocenters. The van der Waals surface area contributed by atoms with Crippen molar-refractivity contribution in [2.24, 2.45) is 5.84 Å². The predicted molar refractivity (Wildman–Crippen MR) is 85.2 cm³/mol. The Balaban J connectivity index is 2.49. The van der Waals surface area contributed by atoms with Crippen LogP contribution < -0.4 is 17.0 Å². The molecular formula is C13H17BrClN5. The van der Waals surface area contributed by atoms with Crippen LogP contribution in [0.15, 0.2) is 28.9 Å². The van der Waals surface area contributed by atoms with Crippen molar-refractivity contribution in [3.63, 3.8) is 0 Å². The average molecular weight is 359 g/mol. The van der Waals surface area contributed by atoms with E-state index in [0.29, 0.717) is 10.7 Å². The Morgan fingerprint density at radius 1 is 1.50 bits per heavy atom. The lowest BCUT2D eigenvalue weighted by Crippen LogP contribution is -2.31. The zero-order valence-electron chi connectivity index (χ0n) is 11.1. The molecule has 0 radical (unpaired) electrons. The van der Waals surface area contributed by atoms with E-state index in [4.69, 9.17) is 23.2 Å². The summed E-state index contributed by atoms with van der Waals surface area (Å²) in [7, 11) is 0. The molecule has 0 aliphatic carbocycles. The summed E-state index contributed by atoms with van der Waals surface area (Å²) in [5.74, 6) is 5.74. The van der Waals surface area contributed by atoms with Crippen molar-refractivity contribution in [3.8, 4) is 0 Å². The molecule has 0 aliphatic heterocycles. The molecule has 0 spiro atoms. The summed E-state index contributed by atoms with van der Waals surface area (Å²) in [5.41, 5.74) is 11.3. The van der Waals surface area contributed by atoms with E-state index >= 15 is 0 Å².